The zero-order valence-electron chi connectivity index (χ0n) is 21.0. The van der Waals surface area contributed by atoms with Crippen molar-refractivity contribution in [3.05, 3.63) is 113 Å². The number of nitrogens with one attached hydrogen (secondary N) is 1. The molecule has 0 aliphatic rings. The third-order valence-electron chi connectivity index (χ3n) is 5.78. The molecule has 0 aromatic heterocycles. The van der Waals surface area contributed by atoms with Gasteiger partial charge in [-0.3, -0.25) is 9.36 Å². The third-order valence-corrected chi connectivity index (χ3v) is 8.06. The summed E-state index contributed by atoms with van der Waals surface area (Å²) in [7, 11) is -4.64. The highest BCUT2D eigenvalue weighted by molar-refractivity contribution is 7.99. The summed E-state index contributed by atoms with van der Waals surface area (Å²) in [5, 5.41) is 11.9. The Labute approximate surface area is 240 Å². The molecular formula is C29H25ClNO7PS. The van der Waals surface area contributed by atoms with Gasteiger partial charge in [-0.2, -0.15) is 0 Å². The molecule has 4 N–H and O–H groups in total. The molecule has 40 heavy (non-hydrogen) atoms. The highest BCUT2D eigenvalue weighted by Crippen LogP contribution is 2.35. The van der Waals surface area contributed by atoms with E-state index < -0.39 is 30.3 Å². The number of aryl methyl sites for hydroxylation is 1. The number of hydrogen-bond acceptors (Lipinski definition) is 5. The fraction of sp³-hybridized carbons (Fsp3) is 0.103. The number of aromatic carboxylic acids is 1. The van der Waals surface area contributed by atoms with E-state index in [0.717, 1.165) is 44.9 Å². The average molecular weight is 598 g/mol. The summed E-state index contributed by atoms with van der Waals surface area (Å²) in [6.07, 6.45) is 0.327. The number of ether oxygens (including phenoxy) is 1. The number of carboxylic acids is 1. The lowest BCUT2D eigenvalue weighted by atomic mass is 10.1. The molecule has 0 heterocycles. The Morgan fingerprint density at radius 1 is 0.900 bits per heavy atom. The van der Waals surface area contributed by atoms with Gasteiger partial charge in [0.15, 0.2) is 0 Å². The van der Waals surface area contributed by atoms with Gasteiger partial charge in [-0.05, 0) is 66.1 Å². The fourth-order valence-corrected chi connectivity index (χ4v) is 5.57. The van der Waals surface area contributed by atoms with Crippen LogP contribution in [0.3, 0.4) is 0 Å². The van der Waals surface area contributed by atoms with Crippen molar-refractivity contribution in [2.24, 2.45) is 0 Å². The minimum absolute atomic E-state index is 0.0202. The summed E-state index contributed by atoms with van der Waals surface area (Å²) >= 11 is 8.02. The van der Waals surface area contributed by atoms with E-state index in [1.165, 1.54) is 11.8 Å². The summed E-state index contributed by atoms with van der Waals surface area (Å²) < 4.78 is 17.4. The number of carbonyl (C=O) groups excluding carboxylic acids is 1. The predicted octanol–water partition coefficient (Wildman–Crippen LogP) is 6.14. The van der Waals surface area contributed by atoms with E-state index >= 15 is 0 Å². The molecule has 0 atom stereocenters. The van der Waals surface area contributed by atoms with E-state index in [2.05, 4.69) is 5.32 Å². The van der Waals surface area contributed by atoms with Gasteiger partial charge in [0.05, 0.1) is 16.6 Å². The highest BCUT2D eigenvalue weighted by atomic mass is 35.5. The van der Waals surface area contributed by atoms with Crippen LogP contribution in [-0.4, -0.2) is 26.8 Å². The number of benzene rings is 4. The molecule has 0 aliphatic carbocycles. The van der Waals surface area contributed by atoms with Gasteiger partial charge in [0.25, 0.3) is 0 Å². The van der Waals surface area contributed by atoms with Crippen molar-refractivity contribution < 1.29 is 33.8 Å². The van der Waals surface area contributed by atoms with Crippen LogP contribution < -0.4 is 15.4 Å². The normalized spacial score (nSPS) is 11.2. The molecule has 0 unspecified atom stereocenters. The topological polar surface area (TPSA) is 133 Å². The second kappa shape index (κ2) is 13.2. The molecule has 0 spiro atoms. The van der Waals surface area contributed by atoms with E-state index in [4.69, 9.17) is 16.3 Å². The number of anilines is 1. The molecule has 206 valence electrons. The molecule has 0 aliphatic heterocycles. The number of hydrogen-bond donors (Lipinski definition) is 4. The highest BCUT2D eigenvalue weighted by Gasteiger charge is 2.22. The Morgan fingerprint density at radius 2 is 1.65 bits per heavy atom. The monoisotopic (exact) mass is 597 g/mol. The SMILES string of the molecule is O=C(CCc1ccc(Sc2cccc(OCc3ccccc3)c2)cc1Cl)Nc1ccc(P(=O)(O)O)cc1C(=O)O. The zero-order valence-corrected chi connectivity index (χ0v) is 23.5. The molecule has 4 aromatic carbocycles. The number of carboxylic acid groups (broad SMARTS) is 1. The van der Waals surface area contributed by atoms with Crippen molar-refractivity contribution in [2.75, 3.05) is 5.32 Å². The van der Waals surface area contributed by atoms with Crippen LogP contribution in [0.25, 0.3) is 0 Å². The minimum Gasteiger partial charge on any atom is -0.489 e. The molecule has 0 fully saturated rings. The molecule has 0 saturated heterocycles. The Morgan fingerprint density at radius 3 is 2.35 bits per heavy atom. The Bertz CT molecular complexity index is 1580. The van der Waals surface area contributed by atoms with Gasteiger partial charge in [0.1, 0.15) is 12.4 Å². The first-order valence-electron chi connectivity index (χ1n) is 12.0. The van der Waals surface area contributed by atoms with E-state index in [1.54, 1.807) is 0 Å². The van der Waals surface area contributed by atoms with E-state index in [0.29, 0.717) is 18.1 Å². The second-order valence-corrected chi connectivity index (χ2v) is 11.9. The average Bonchev–Trinajstić information content (AvgIpc) is 2.92. The number of carbonyl (C=O) groups is 2. The molecule has 1 amide bonds. The van der Waals surface area contributed by atoms with Crippen molar-refractivity contribution in [2.45, 2.75) is 29.2 Å². The molecule has 0 bridgehead atoms. The molecule has 4 aromatic rings. The Hall–Kier alpha value is -3.59. The summed E-state index contributed by atoms with van der Waals surface area (Å²) in [5.74, 6) is -1.13. The van der Waals surface area contributed by atoms with Gasteiger partial charge in [0, 0.05) is 21.2 Å². The van der Waals surface area contributed by atoms with Crippen LogP contribution >= 0.6 is 31.0 Å². The fourth-order valence-electron chi connectivity index (χ4n) is 3.76. The van der Waals surface area contributed by atoms with Gasteiger partial charge in [0.2, 0.25) is 5.91 Å². The first kappa shape index (κ1) is 29.4. The minimum atomic E-state index is -4.64. The summed E-state index contributed by atoms with van der Waals surface area (Å²) in [6, 6.07) is 26.3. The quantitative estimate of drug-likeness (QED) is 0.151. The van der Waals surface area contributed by atoms with Gasteiger partial charge in [-0.1, -0.05) is 65.8 Å². The smallest absolute Gasteiger partial charge is 0.356 e. The maximum absolute atomic E-state index is 12.5. The van der Waals surface area contributed by atoms with Gasteiger partial charge < -0.3 is 24.9 Å². The summed E-state index contributed by atoms with van der Waals surface area (Å²) in [4.78, 5) is 44.5. The lowest BCUT2D eigenvalue weighted by Gasteiger charge is -2.12. The van der Waals surface area contributed by atoms with Gasteiger partial charge >= 0.3 is 13.6 Å². The lowest BCUT2D eigenvalue weighted by Crippen LogP contribution is -2.17. The van der Waals surface area contributed by atoms with Crippen molar-refractivity contribution in [3.8, 4) is 5.75 Å². The van der Waals surface area contributed by atoms with Crippen molar-refractivity contribution >= 4 is 53.8 Å². The lowest BCUT2D eigenvalue weighted by molar-refractivity contribution is -0.116. The zero-order chi connectivity index (χ0) is 28.7. The van der Waals surface area contributed by atoms with E-state index in [9.17, 15) is 29.0 Å². The molecular weight excluding hydrogens is 573 g/mol. The van der Waals surface area contributed by atoms with E-state index in [-0.39, 0.29) is 12.1 Å². The number of amides is 1. The maximum Gasteiger partial charge on any atom is 0.356 e. The largest absolute Gasteiger partial charge is 0.489 e. The standard InChI is InChI=1S/C29H25ClNO7PS/c30-26-17-24(40-23-8-4-7-21(15-23)38-18-19-5-2-1-3-6-19)12-9-20(26)10-14-28(32)31-27-13-11-22(39(35,36)37)16-25(27)29(33)34/h1-9,11-13,15-17H,10,14,18H2,(H,31,32)(H,33,34)(H2,35,36,37). The van der Waals surface area contributed by atoms with Crippen LogP contribution in [-0.2, 0) is 22.4 Å². The van der Waals surface area contributed by atoms with Crippen molar-refractivity contribution in [1.29, 1.82) is 0 Å². The second-order valence-electron chi connectivity index (χ2n) is 8.73. The summed E-state index contributed by atoms with van der Waals surface area (Å²) in [5.41, 5.74) is 1.36. The number of rotatable bonds is 11. The number of halogens is 1. The predicted molar refractivity (Wildman–Crippen MR) is 155 cm³/mol. The first-order chi connectivity index (χ1) is 19.1. The van der Waals surface area contributed by atoms with Crippen LogP contribution in [0.2, 0.25) is 5.02 Å². The Balaban J connectivity index is 1.35. The summed E-state index contributed by atoms with van der Waals surface area (Å²) in [6.45, 7) is 0.472. The van der Waals surface area contributed by atoms with E-state index in [1.807, 2.05) is 72.8 Å². The van der Waals surface area contributed by atoms with Crippen LogP contribution in [0.15, 0.2) is 101 Å². The van der Waals surface area contributed by atoms with Gasteiger partial charge in [-0.25, -0.2) is 4.79 Å². The molecule has 11 heteroatoms. The van der Waals surface area contributed by atoms with Crippen LogP contribution in [0.5, 0.6) is 5.75 Å². The van der Waals surface area contributed by atoms with Crippen LogP contribution in [0, 0.1) is 0 Å². The molecule has 0 saturated carbocycles. The third kappa shape index (κ3) is 8.21. The molecule has 0 radical (unpaired) electrons. The van der Waals surface area contributed by atoms with Crippen molar-refractivity contribution in [1.82, 2.24) is 0 Å². The van der Waals surface area contributed by atoms with Crippen molar-refractivity contribution in [3.63, 3.8) is 0 Å². The van der Waals surface area contributed by atoms with Crippen LogP contribution in [0.1, 0.15) is 27.9 Å². The maximum atomic E-state index is 12.5. The van der Waals surface area contributed by atoms with Crippen LogP contribution in [0.4, 0.5) is 5.69 Å². The molecule has 8 nitrogen and oxygen atoms in total. The Kier molecular flexibility index (Phi) is 9.68. The van der Waals surface area contributed by atoms with Gasteiger partial charge in [-0.15, -0.1) is 0 Å². The molecule has 4 rings (SSSR count). The first-order valence-corrected chi connectivity index (χ1v) is 14.9.